The van der Waals surface area contributed by atoms with E-state index in [1.807, 2.05) is 12.3 Å². The highest BCUT2D eigenvalue weighted by Crippen LogP contribution is 2.29. The summed E-state index contributed by atoms with van der Waals surface area (Å²) in [4.78, 5) is 6.42. The topological polar surface area (TPSA) is 36.4 Å². The zero-order valence-electron chi connectivity index (χ0n) is 9.35. The Morgan fingerprint density at radius 2 is 2.40 bits per heavy atom. The number of likely N-dealkylation sites (tertiary alicyclic amines) is 1. The van der Waals surface area contributed by atoms with E-state index in [2.05, 4.69) is 29.8 Å². The van der Waals surface area contributed by atoms with Crippen molar-refractivity contribution in [2.24, 2.45) is 0 Å². The molecular formula is C12H18N2O. The average Bonchev–Trinajstić information content (AvgIpc) is 2.41. The fraction of sp³-hybridized carbons (Fsp3) is 0.583. The minimum absolute atomic E-state index is 0.0925. The summed E-state index contributed by atoms with van der Waals surface area (Å²) < 4.78 is 0. The van der Waals surface area contributed by atoms with Crippen molar-refractivity contribution >= 4 is 0 Å². The molecule has 1 saturated heterocycles. The van der Waals surface area contributed by atoms with Crippen molar-refractivity contribution in [3.8, 4) is 0 Å². The molecular weight excluding hydrogens is 188 g/mol. The van der Waals surface area contributed by atoms with E-state index in [1.165, 1.54) is 5.56 Å². The third kappa shape index (κ3) is 2.36. The molecule has 0 spiro atoms. The van der Waals surface area contributed by atoms with Gasteiger partial charge >= 0.3 is 0 Å². The van der Waals surface area contributed by atoms with Crippen molar-refractivity contribution in [1.29, 1.82) is 0 Å². The first-order valence-corrected chi connectivity index (χ1v) is 5.40. The van der Waals surface area contributed by atoms with Gasteiger partial charge in [0.05, 0.1) is 6.10 Å². The lowest BCUT2D eigenvalue weighted by Crippen LogP contribution is -2.37. The fourth-order valence-electron chi connectivity index (χ4n) is 2.26. The van der Waals surface area contributed by atoms with Crippen LogP contribution in [0.25, 0.3) is 0 Å². The van der Waals surface area contributed by atoms with Gasteiger partial charge in [-0.2, -0.15) is 0 Å². The van der Waals surface area contributed by atoms with Crippen LogP contribution in [0.1, 0.15) is 25.8 Å². The molecule has 82 valence electrons. The molecule has 3 heteroatoms. The summed E-state index contributed by atoms with van der Waals surface area (Å²) in [5, 5.41) is 9.66. The van der Waals surface area contributed by atoms with Gasteiger partial charge in [-0.15, -0.1) is 0 Å². The smallest absolute Gasteiger partial charge is 0.0684 e. The Kier molecular flexibility index (Phi) is 2.76. The summed E-state index contributed by atoms with van der Waals surface area (Å²) in [6.45, 7) is 6.00. The lowest BCUT2D eigenvalue weighted by atomic mass is 10.0. The highest BCUT2D eigenvalue weighted by molar-refractivity contribution is 5.10. The second kappa shape index (κ2) is 3.91. The number of hydrogen-bond acceptors (Lipinski definition) is 3. The Labute approximate surface area is 90.8 Å². The molecule has 0 aromatic carbocycles. The van der Waals surface area contributed by atoms with Crippen molar-refractivity contribution in [1.82, 2.24) is 9.88 Å². The van der Waals surface area contributed by atoms with Gasteiger partial charge in [-0.3, -0.25) is 9.88 Å². The van der Waals surface area contributed by atoms with Crippen LogP contribution in [0.2, 0.25) is 0 Å². The van der Waals surface area contributed by atoms with E-state index in [1.54, 1.807) is 6.20 Å². The molecule has 15 heavy (non-hydrogen) atoms. The molecule has 0 saturated carbocycles. The predicted octanol–water partition coefficient (Wildman–Crippen LogP) is 1.43. The Bertz CT molecular complexity index is 324. The van der Waals surface area contributed by atoms with Crippen molar-refractivity contribution in [3.63, 3.8) is 0 Å². The molecule has 1 aliphatic rings. The predicted molar refractivity (Wildman–Crippen MR) is 59.3 cm³/mol. The molecule has 2 heterocycles. The number of β-amino-alcohol motifs (C(OH)–C–C–N with tert-alkyl or cyclic N) is 1. The molecule has 1 aromatic rings. The molecule has 1 N–H and O–H groups in total. The molecule has 1 fully saturated rings. The Hall–Kier alpha value is -0.930. The SMILES string of the molecule is CC1(C)CC(O)CN1Cc1cccnc1. The van der Waals surface area contributed by atoms with Crippen LogP contribution >= 0.6 is 0 Å². The standard InChI is InChI=1S/C12H18N2O/c1-12(2)6-11(15)9-14(12)8-10-4-3-5-13-7-10/h3-5,7,11,15H,6,8-9H2,1-2H3. The molecule has 0 amide bonds. The van der Waals surface area contributed by atoms with Crippen molar-refractivity contribution in [2.45, 2.75) is 38.5 Å². The van der Waals surface area contributed by atoms with Crippen molar-refractivity contribution in [2.75, 3.05) is 6.54 Å². The van der Waals surface area contributed by atoms with E-state index < -0.39 is 0 Å². The molecule has 1 aliphatic heterocycles. The van der Waals surface area contributed by atoms with Crippen LogP contribution in [0.5, 0.6) is 0 Å². The third-order valence-corrected chi connectivity index (χ3v) is 3.12. The van der Waals surface area contributed by atoms with Gasteiger partial charge in [0.25, 0.3) is 0 Å². The quantitative estimate of drug-likeness (QED) is 0.795. The minimum atomic E-state index is -0.184. The van der Waals surface area contributed by atoms with Crippen LogP contribution < -0.4 is 0 Å². The number of pyridine rings is 1. The zero-order valence-corrected chi connectivity index (χ0v) is 9.35. The number of aliphatic hydroxyl groups excluding tert-OH is 1. The first kappa shape index (κ1) is 10.6. The van der Waals surface area contributed by atoms with E-state index in [-0.39, 0.29) is 11.6 Å². The van der Waals surface area contributed by atoms with Crippen molar-refractivity contribution in [3.05, 3.63) is 30.1 Å². The van der Waals surface area contributed by atoms with Gasteiger partial charge < -0.3 is 5.11 Å². The van der Waals surface area contributed by atoms with Gasteiger partial charge in [0.1, 0.15) is 0 Å². The summed E-state index contributed by atoms with van der Waals surface area (Å²) in [6, 6.07) is 4.03. The summed E-state index contributed by atoms with van der Waals surface area (Å²) in [7, 11) is 0. The number of nitrogens with zero attached hydrogens (tertiary/aromatic N) is 2. The number of aliphatic hydroxyl groups is 1. The number of rotatable bonds is 2. The maximum atomic E-state index is 9.66. The van der Waals surface area contributed by atoms with Gasteiger partial charge in [-0.05, 0) is 31.9 Å². The van der Waals surface area contributed by atoms with E-state index in [9.17, 15) is 5.11 Å². The second-order valence-corrected chi connectivity index (χ2v) is 4.91. The van der Waals surface area contributed by atoms with Crippen LogP contribution in [0.3, 0.4) is 0 Å². The van der Waals surface area contributed by atoms with E-state index in [0.717, 1.165) is 19.5 Å². The number of aromatic nitrogens is 1. The molecule has 1 atom stereocenters. The van der Waals surface area contributed by atoms with Crippen LogP contribution in [0.4, 0.5) is 0 Å². The summed E-state index contributed by atoms with van der Waals surface area (Å²) in [5.74, 6) is 0. The first-order chi connectivity index (χ1) is 7.08. The summed E-state index contributed by atoms with van der Waals surface area (Å²) in [5.41, 5.74) is 1.30. The Balaban J connectivity index is 2.07. The van der Waals surface area contributed by atoms with Crippen LogP contribution in [0, 0.1) is 0 Å². The van der Waals surface area contributed by atoms with Crippen LogP contribution in [-0.4, -0.2) is 33.2 Å². The monoisotopic (exact) mass is 206 g/mol. The Morgan fingerprint density at radius 3 is 2.93 bits per heavy atom. The minimum Gasteiger partial charge on any atom is -0.392 e. The molecule has 1 aromatic heterocycles. The van der Waals surface area contributed by atoms with E-state index >= 15 is 0 Å². The second-order valence-electron chi connectivity index (χ2n) is 4.91. The molecule has 0 aliphatic carbocycles. The van der Waals surface area contributed by atoms with Gasteiger partial charge in [0.2, 0.25) is 0 Å². The average molecular weight is 206 g/mol. The molecule has 2 rings (SSSR count). The third-order valence-electron chi connectivity index (χ3n) is 3.12. The normalized spacial score (nSPS) is 25.7. The maximum Gasteiger partial charge on any atom is 0.0684 e. The highest BCUT2D eigenvalue weighted by Gasteiger charge is 2.37. The lowest BCUT2D eigenvalue weighted by molar-refractivity contribution is 0.156. The lowest BCUT2D eigenvalue weighted by Gasteiger charge is -2.30. The summed E-state index contributed by atoms with van der Waals surface area (Å²) in [6.07, 6.45) is 4.35. The molecule has 3 nitrogen and oxygen atoms in total. The number of hydrogen-bond donors (Lipinski definition) is 1. The van der Waals surface area contributed by atoms with Gasteiger partial charge in [-0.25, -0.2) is 0 Å². The Morgan fingerprint density at radius 1 is 1.60 bits per heavy atom. The molecule has 0 bridgehead atoms. The maximum absolute atomic E-state index is 9.66. The molecule has 0 radical (unpaired) electrons. The highest BCUT2D eigenvalue weighted by atomic mass is 16.3. The van der Waals surface area contributed by atoms with Crippen LogP contribution in [-0.2, 0) is 6.54 Å². The van der Waals surface area contributed by atoms with Gasteiger partial charge in [0, 0.05) is 31.0 Å². The largest absolute Gasteiger partial charge is 0.392 e. The van der Waals surface area contributed by atoms with E-state index in [0.29, 0.717) is 0 Å². The zero-order chi connectivity index (χ0) is 10.9. The summed E-state index contributed by atoms with van der Waals surface area (Å²) >= 11 is 0. The van der Waals surface area contributed by atoms with Crippen molar-refractivity contribution < 1.29 is 5.11 Å². The first-order valence-electron chi connectivity index (χ1n) is 5.40. The van der Waals surface area contributed by atoms with Crippen LogP contribution in [0.15, 0.2) is 24.5 Å². The fourth-order valence-corrected chi connectivity index (χ4v) is 2.26. The van der Waals surface area contributed by atoms with Gasteiger partial charge in [0.15, 0.2) is 0 Å². The molecule has 1 unspecified atom stereocenters. The van der Waals surface area contributed by atoms with Gasteiger partial charge in [-0.1, -0.05) is 6.07 Å². The van der Waals surface area contributed by atoms with E-state index in [4.69, 9.17) is 0 Å².